The van der Waals surface area contributed by atoms with Crippen molar-refractivity contribution < 1.29 is 13.2 Å². The smallest absolute Gasteiger partial charge is 0.259 e. The fourth-order valence-corrected chi connectivity index (χ4v) is 3.10. The normalized spacial score (nSPS) is 13.0. The predicted molar refractivity (Wildman–Crippen MR) is 88.3 cm³/mol. The lowest BCUT2D eigenvalue weighted by Gasteiger charge is -2.16. The van der Waals surface area contributed by atoms with Gasteiger partial charge in [0, 0.05) is 38.8 Å². The summed E-state index contributed by atoms with van der Waals surface area (Å²) in [7, 11) is -1.97. The zero-order valence-corrected chi connectivity index (χ0v) is 14.8. The molecule has 1 amide bonds. The molecule has 1 aromatic heterocycles. The molecule has 132 valence electrons. The highest BCUT2D eigenvalue weighted by molar-refractivity contribution is 7.89. The third-order valence-corrected chi connectivity index (χ3v) is 4.89. The molecule has 9 heteroatoms. The lowest BCUT2D eigenvalue weighted by atomic mass is 10.1. The van der Waals surface area contributed by atoms with Crippen molar-refractivity contribution in [3.05, 3.63) is 12.0 Å². The molecular weight excluding hydrogens is 318 g/mol. The summed E-state index contributed by atoms with van der Waals surface area (Å²) in [4.78, 5) is 15.8. The molecule has 1 rings (SSSR count). The number of nitrogens with two attached hydrogens (primary N) is 1. The highest BCUT2D eigenvalue weighted by Crippen LogP contribution is 2.07. The summed E-state index contributed by atoms with van der Waals surface area (Å²) < 4.78 is 28.1. The van der Waals surface area contributed by atoms with Crippen molar-refractivity contribution >= 4 is 15.9 Å². The van der Waals surface area contributed by atoms with Crippen molar-refractivity contribution in [3.63, 3.8) is 0 Å². The van der Waals surface area contributed by atoms with Gasteiger partial charge in [0.15, 0.2) is 5.03 Å². The molecule has 0 spiro atoms. The van der Waals surface area contributed by atoms with E-state index in [4.69, 9.17) is 5.73 Å². The Balaban J connectivity index is 2.44. The summed E-state index contributed by atoms with van der Waals surface area (Å²) in [6, 6.07) is -0.0579. The summed E-state index contributed by atoms with van der Waals surface area (Å²) >= 11 is 0. The second kappa shape index (κ2) is 8.99. The van der Waals surface area contributed by atoms with Crippen LogP contribution in [0.25, 0.3) is 0 Å². The van der Waals surface area contributed by atoms with E-state index in [1.807, 2.05) is 0 Å². The first-order chi connectivity index (χ1) is 10.8. The van der Waals surface area contributed by atoms with Crippen LogP contribution in [0, 0.1) is 6.92 Å². The second-order valence-corrected chi connectivity index (χ2v) is 7.24. The number of hydrogen-bond acceptors (Lipinski definition) is 5. The maximum absolute atomic E-state index is 12.1. The molecule has 4 N–H and O–H groups in total. The van der Waals surface area contributed by atoms with Crippen LogP contribution in [0.3, 0.4) is 0 Å². The Morgan fingerprint density at radius 3 is 2.70 bits per heavy atom. The van der Waals surface area contributed by atoms with Crippen molar-refractivity contribution in [3.8, 4) is 0 Å². The number of rotatable bonds is 10. The van der Waals surface area contributed by atoms with Gasteiger partial charge in [-0.2, -0.15) is 0 Å². The molecule has 1 heterocycles. The average Bonchev–Trinajstić information content (AvgIpc) is 2.83. The number of carbonyl (C=O) groups is 1. The van der Waals surface area contributed by atoms with Crippen LogP contribution in [0.2, 0.25) is 0 Å². The standard InChI is InChI=1S/C14H27N5O3S/c1-4-5-6-12(9-15)18-13(20)7-8-16-23(21,22)14-10-19(3)11(2)17-14/h10,12,16H,4-9,15H2,1-3H3,(H,18,20). The minimum Gasteiger partial charge on any atom is -0.352 e. The zero-order valence-electron chi connectivity index (χ0n) is 14.0. The molecule has 0 radical (unpaired) electrons. The number of sulfonamides is 1. The fourth-order valence-electron chi connectivity index (χ4n) is 2.03. The van der Waals surface area contributed by atoms with E-state index in [2.05, 4.69) is 21.9 Å². The monoisotopic (exact) mass is 345 g/mol. The number of hydrogen-bond donors (Lipinski definition) is 3. The SMILES string of the molecule is CCCCC(CN)NC(=O)CCNS(=O)(=O)c1cn(C)c(C)n1. The van der Waals surface area contributed by atoms with Crippen LogP contribution in [0.4, 0.5) is 0 Å². The third-order valence-electron chi connectivity index (χ3n) is 3.56. The van der Waals surface area contributed by atoms with Crippen molar-refractivity contribution in [2.45, 2.75) is 50.6 Å². The molecule has 23 heavy (non-hydrogen) atoms. The van der Waals surface area contributed by atoms with Crippen molar-refractivity contribution in [2.75, 3.05) is 13.1 Å². The van der Waals surface area contributed by atoms with Gasteiger partial charge >= 0.3 is 0 Å². The van der Waals surface area contributed by atoms with Crippen LogP contribution in [-0.2, 0) is 21.9 Å². The Labute approximate surface area is 137 Å². The number of aromatic nitrogens is 2. The number of imidazole rings is 1. The van der Waals surface area contributed by atoms with E-state index < -0.39 is 10.0 Å². The van der Waals surface area contributed by atoms with E-state index in [0.29, 0.717) is 12.4 Å². The summed E-state index contributed by atoms with van der Waals surface area (Å²) in [6.07, 6.45) is 4.36. The van der Waals surface area contributed by atoms with Gasteiger partial charge in [0.2, 0.25) is 5.91 Å². The van der Waals surface area contributed by atoms with E-state index in [1.165, 1.54) is 6.20 Å². The van der Waals surface area contributed by atoms with Gasteiger partial charge in [-0.1, -0.05) is 19.8 Å². The number of nitrogens with one attached hydrogen (secondary N) is 2. The van der Waals surface area contributed by atoms with E-state index in [9.17, 15) is 13.2 Å². The molecule has 0 aromatic carbocycles. The van der Waals surface area contributed by atoms with Gasteiger partial charge in [0.1, 0.15) is 5.82 Å². The number of nitrogens with zero attached hydrogens (tertiary/aromatic N) is 2. The predicted octanol–water partition coefficient (Wildman–Crippen LogP) is 0.0306. The highest BCUT2D eigenvalue weighted by Gasteiger charge is 2.18. The van der Waals surface area contributed by atoms with Gasteiger partial charge in [-0.25, -0.2) is 18.1 Å². The van der Waals surface area contributed by atoms with Crippen molar-refractivity contribution in [1.29, 1.82) is 0 Å². The Morgan fingerprint density at radius 1 is 1.48 bits per heavy atom. The van der Waals surface area contributed by atoms with E-state index >= 15 is 0 Å². The van der Waals surface area contributed by atoms with Gasteiger partial charge < -0.3 is 15.6 Å². The lowest BCUT2D eigenvalue weighted by Crippen LogP contribution is -2.41. The first kappa shape index (κ1) is 19.6. The zero-order chi connectivity index (χ0) is 17.5. The maximum Gasteiger partial charge on any atom is 0.259 e. The number of amides is 1. The van der Waals surface area contributed by atoms with Crippen LogP contribution < -0.4 is 15.8 Å². The van der Waals surface area contributed by atoms with Crippen LogP contribution in [0.15, 0.2) is 11.2 Å². The maximum atomic E-state index is 12.1. The molecule has 0 bridgehead atoms. The summed E-state index contributed by atoms with van der Waals surface area (Å²) in [6.45, 7) is 4.19. The minimum absolute atomic E-state index is 0.0227. The number of aryl methyl sites for hydroxylation is 2. The lowest BCUT2D eigenvalue weighted by molar-refractivity contribution is -0.121. The minimum atomic E-state index is -3.69. The molecule has 1 unspecified atom stereocenters. The topological polar surface area (TPSA) is 119 Å². The molecule has 0 saturated carbocycles. The average molecular weight is 345 g/mol. The summed E-state index contributed by atoms with van der Waals surface area (Å²) in [5.41, 5.74) is 5.62. The third kappa shape index (κ3) is 6.28. The van der Waals surface area contributed by atoms with E-state index in [1.54, 1.807) is 18.5 Å². The molecular formula is C14H27N5O3S. The van der Waals surface area contributed by atoms with Crippen LogP contribution >= 0.6 is 0 Å². The molecule has 0 aliphatic heterocycles. The van der Waals surface area contributed by atoms with E-state index in [0.717, 1.165) is 19.3 Å². The highest BCUT2D eigenvalue weighted by atomic mass is 32.2. The Bertz CT molecular complexity index is 592. The van der Waals surface area contributed by atoms with E-state index in [-0.39, 0.29) is 29.9 Å². The molecule has 0 saturated heterocycles. The largest absolute Gasteiger partial charge is 0.352 e. The van der Waals surface area contributed by atoms with Crippen LogP contribution in [-0.4, -0.2) is 43.0 Å². The van der Waals surface area contributed by atoms with Crippen LogP contribution in [0.5, 0.6) is 0 Å². The summed E-state index contributed by atoms with van der Waals surface area (Å²) in [5, 5.41) is 2.78. The first-order valence-corrected chi connectivity index (χ1v) is 9.27. The van der Waals surface area contributed by atoms with Crippen molar-refractivity contribution in [2.24, 2.45) is 12.8 Å². The molecule has 8 nitrogen and oxygen atoms in total. The first-order valence-electron chi connectivity index (χ1n) is 7.79. The molecule has 0 aliphatic carbocycles. The number of unbranched alkanes of at least 4 members (excludes halogenated alkanes) is 1. The molecule has 0 aliphatic rings. The van der Waals surface area contributed by atoms with Gasteiger partial charge in [-0.15, -0.1) is 0 Å². The van der Waals surface area contributed by atoms with Gasteiger partial charge in [0.25, 0.3) is 10.0 Å². The molecule has 1 aromatic rings. The van der Waals surface area contributed by atoms with Crippen LogP contribution in [0.1, 0.15) is 38.4 Å². The van der Waals surface area contributed by atoms with Gasteiger partial charge in [-0.05, 0) is 13.3 Å². The Morgan fingerprint density at radius 2 is 2.17 bits per heavy atom. The van der Waals surface area contributed by atoms with Gasteiger partial charge in [0.05, 0.1) is 0 Å². The van der Waals surface area contributed by atoms with Crippen molar-refractivity contribution in [1.82, 2.24) is 19.6 Å². The molecule has 1 atom stereocenters. The number of carbonyl (C=O) groups excluding carboxylic acids is 1. The Kier molecular flexibility index (Phi) is 7.66. The quantitative estimate of drug-likeness (QED) is 0.553. The Hall–Kier alpha value is -1.45. The molecule has 0 fully saturated rings. The fraction of sp³-hybridized carbons (Fsp3) is 0.714. The van der Waals surface area contributed by atoms with Gasteiger partial charge in [-0.3, -0.25) is 4.79 Å². The summed E-state index contributed by atoms with van der Waals surface area (Å²) in [5.74, 6) is 0.390. The second-order valence-electron chi connectivity index (χ2n) is 5.53.